The molecule has 0 amide bonds. The van der Waals surface area contributed by atoms with E-state index in [1.807, 2.05) is 48.9 Å². The van der Waals surface area contributed by atoms with Crippen LogP contribution in [-0.2, 0) is 22.7 Å². The molecular formula is C24H23ClN4O3. The second-order valence-electron chi connectivity index (χ2n) is 7.31. The van der Waals surface area contributed by atoms with Crippen LogP contribution in [0.5, 0.6) is 0 Å². The fraction of sp³-hybridized carbons (Fsp3) is 0.208. The van der Waals surface area contributed by atoms with Gasteiger partial charge in [-0.2, -0.15) is 5.10 Å². The summed E-state index contributed by atoms with van der Waals surface area (Å²) >= 11 is 6.09. The Balaban J connectivity index is 1.49. The molecule has 0 aliphatic heterocycles. The lowest BCUT2D eigenvalue weighted by Crippen LogP contribution is -2.10. The lowest BCUT2D eigenvalue weighted by atomic mass is 10.2. The van der Waals surface area contributed by atoms with Crippen molar-refractivity contribution in [3.05, 3.63) is 82.4 Å². The number of ether oxygens (including phenoxy) is 1. The molecule has 0 bridgehead atoms. The van der Waals surface area contributed by atoms with E-state index < -0.39 is 5.97 Å². The first-order valence-electron chi connectivity index (χ1n) is 10.2. The molecule has 0 atom stereocenters. The van der Waals surface area contributed by atoms with Gasteiger partial charge in [0.2, 0.25) is 0 Å². The fourth-order valence-electron chi connectivity index (χ4n) is 3.66. The number of aliphatic hydroxyl groups is 1. The first-order chi connectivity index (χ1) is 15.5. The maximum Gasteiger partial charge on any atom is 0.331 e. The molecular weight excluding hydrogens is 428 g/mol. The molecule has 8 heteroatoms. The molecule has 0 fully saturated rings. The van der Waals surface area contributed by atoms with Crippen LogP contribution < -0.4 is 0 Å². The molecule has 4 rings (SSSR count). The number of imidazole rings is 1. The number of aromatic nitrogens is 4. The van der Waals surface area contributed by atoms with Gasteiger partial charge >= 0.3 is 5.97 Å². The zero-order valence-corrected chi connectivity index (χ0v) is 18.6. The van der Waals surface area contributed by atoms with Crippen molar-refractivity contribution in [3.63, 3.8) is 0 Å². The molecule has 0 saturated carbocycles. The van der Waals surface area contributed by atoms with Crippen molar-refractivity contribution in [1.29, 1.82) is 0 Å². The zero-order valence-electron chi connectivity index (χ0n) is 17.8. The Morgan fingerprint density at radius 3 is 2.72 bits per heavy atom. The third-order valence-corrected chi connectivity index (χ3v) is 5.43. The summed E-state index contributed by atoms with van der Waals surface area (Å²) in [6.07, 6.45) is 3.11. The minimum absolute atomic E-state index is 0.0171. The number of benzene rings is 2. The second-order valence-corrected chi connectivity index (χ2v) is 7.75. The summed E-state index contributed by atoms with van der Waals surface area (Å²) in [7, 11) is 0. The van der Waals surface area contributed by atoms with Crippen molar-refractivity contribution in [3.8, 4) is 5.69 Å². The molecule has 7 nitrogen and oxygen atoms in total. The van der Waals surface area contributed by atoms with E-state index >= 15 is 0 Å². The van der Waals surface area contributed by atoms with Crippen molar-refractivity contribution in [2.75, 3.05) is 6.61 Å². The van der Waals surface area contributed by atoms with Crippen molar-refractivity contribution >= 4 is 34.7 Å². The summed E-state index contributed by atoms with van der Waals surface area (Å²) in [6, 6.07) is 15.1. The largest absolute Gasteiger partial charge is 0.454 e. The van der Waals surface area contributed by atoms with E-state index in [1.165, 1.54) is 6.08 Å². The maximum atomic E-state index is 12.4. The Bertz CT molecular complexity index is 1290. The first kappa shape index (κ1) is 21.8. The van der Waals surface area contributed by atoms with Crippen LogP contribution >= 0.6 is 11.6 Å². The third-order valence-electron chi connectivity index (χ3n) is 5.19. The minimum atomic E-state index is -0.489. The number of carbonyl (C=O) groups excluding carboxylic acids is 1. The van der Waals surface area contributed by atoms with E-state index in [2.05, 4.69) is 10.1 Å². The Hall–Kier alpha value is -3.42. The molecule has 0 spiro atoms. The highest BCUT2D eigenvalue weighted by molar-refractivity contribution is 6.31. The molecule has 0 aliphatic carbocycles. The van der Waals surface area contributed by atoms with Crippen molar-refractivity contribution < 1.29 is 14.6 Å². The fourth-order valence-corrected chi connectivity index (χ4v) is 3.82. The molecule has 0 unspecified atom stereocenters. The predicted octanol–water partition coefficient (Wildman–Crippen LogP) is 4.24. The van der Waals surface area contributed by atoms with Crippen molar-refractivity contribution in [1.82, 2.24) is 19.3 Å². The first-order valence-corrected chi connectivity index (χ1v) is 10.6. The average Bonchev–Trinajstić information content (AvgIpc) is 3.28. The van der Waals surface area contributed by atoms with Crippen LogP contribution in [0.1, 0.15) is 22.8 Å². The number of para-hydroxylation sites is 1. The van der Waals surface area contributed by atoms with E-state index in [0.29, 0.717) is 17.4 Å². The Kier molecular flexibility index (Phi) is 6.39. The van der Waals surface area contributed by atoms with Gasteiger partial charge in [-0.05, 0) is 50.3 Å². The minimum Gasteiger partial charge on any atom is -0.454 e. The molecule has 1 N–H and O–H groups in total. The molecule has 164 valence electrons. The lowest BCUT2D eigenvalue weighted by molar-refractivity contribution is -0.139. The van der Waals surface area contributed by atoms with Gasteiger partial charge in [0.25, 0.3) is 0 Å². The van der Waals surface area contributed by atoms with Gasteiger partial charge in [-0.3, -0.25) is 0 Å². The number of halogens is 1. The van der Waals surface area contributed by atoms with E-state index in [4.69, 9.17) is 16.3 Å². The standard InChI is InChI=1S/C24H23ClN4O3/c1-16-20(17(2)29(27-16)19-6-4-3-5-7-19)9-11-24(31)32-15-23-26-21-10-8-18(25)14-22(21)28(23)12-13-30/h3-11,14,30H,12-13,15H2,1-2H3/b11-9+. The van der Waals surface area contributed by atoms with E-state index in [-0.39, 0.29) is 13.2 Å². The second kappa shape index (κ2) is 9.38. The number of carbonyl (C=O) groups is 1. The topological polar surface area (TPSA) is 82.2 Å². The van der Waals surface area contributed by atoms with E-state index in [1.54, 1.807) is 28.8 Å². The SMILES string of the molecule is Cc1nn(-c2ccccc2)c(C)c1/C=C/C(=O)OCc1nc2ccc(Cl)cc2n1CCO. The summed E-state index contributed by atoms with van der Waals surface area (Å²) in [5.74, 6) is 0.0548. The molecule has 2 aromatic carbocycles. The molecule has 2 heterocycles. The molecule has 0 aliphatic rings. The monoisotopic (exact) mass is 450 g/mol. The molecule has 0 saturated heterocycles. The van der Waals surface area contributed by atoms with Crippen LogP contribution in [0.15, 0.2) is 54.6 Å². The van der Waals surface area contributed by atoms with Crippen LogP contribution in [0.3, 0.4) is 0 Å². The number of esters is 1. The number of aliphatic hydroxyl groups excluding tert-OH is 1. The van der Waals surface area contributed by atoms with Gasteiger partial charge in [0.15, 0.2) is 0 Å². The number of nitrogens with zero attached hydrogens (tertiary/aromatic N) is 4. The van der Waals surface area contributed by atoms with Crippen LogP contribution in [-0.4, -0.2) is 37.0 Å². The number of fused-ring (bicyclic) bond motifs is 1. The van der Waals surface area contributed by atoms with Crippen LogP contribution in [0.2, 0.25) is 5.02 Å². The smallest absolute Gasteiger partial charge is 0.331 e. The lowest BCUT2D eigenvalue weighted by Gasteiger charge is -2.07. The average molecular weight is 451 g/mol. The Morgan fingerprint density at radius 2 is 1.97 bits per heavy atom. The molecule has 2 aromatic heterocycles. The molecule has 0 radical (unpaired) electrons. The van der Waals surface area contributed by atoms with Crippen molar-refractivity contribution in [2.24, 2.45) is 0 Å². The summed E-state index contributed by atoms with van der Waals surface area (Å²) in [5, 5.41) is 14.6. The zero-order chi connectivity index (χ0) is 22.7. The van der Waals surface area contributed by atoms with Crippen LogP contribution in [0.25, 0.3) is 22.8 Å². The quantitative estimate of drug-likeness (QED) is 0.336. The van der Waals surface area contributed by atoms with E-state index in [9.17, 15) is 9.90 Å². The van der Waals surface area contributed by atoms with Gasteiger partial charge in [0.1, 0.15) is 12.4 Å². The number of rotatable bonds is 7. The number of hydrogen-bond acceptors (Lipinski definition) is 5. The van der Waals surface area contributed by atoms with Gasteiger partial charge in [0, 0.05) is 28.9 Å². The summed E-state index contributed by atoms with van der Waals surface area (Å²) in [6.45, 7) is 4.11. The van der Waals surface area contributed by atoms with Crippen LogP contribution in [0, 0.1) is 13.8 Å². The Morgan fingerprint density at radius 1 is 1.19 bits per heavy atom. The van der Waals surface area contributed by atoms with Gasteiger partial charge in [0.05, 0.1) is 29.0 Å². The number of hydrogen-bond donors (Lipinski definition) is 1. The third kappa shape index (κ3) is 4.44. The highest BCUT2D eigenvalue weighted by Crippen LogP contribution is 2.22. The van der Waals surface area contributed by atoms with Gasteiger partial charge < -0.3 is 14.4 Å². The highest BCUT2D eigenvalue weighted by Gasteiger charge is 2.14. The Labute approximate surface area is 190 Å². The van der Waals surface area contributed by atoms with Crippen LogP contribution in [0.4, 0.5) is 0 Å². The van der Waals surface area contributed by atoms with Gasteiger partial charge in [-0.15, -0.1) is 0 Å². The van der Waals surface area contributed by atoms with Gasteiger partial charge in [-0.25, -0.2) is 14.5 Å². The number of aryl methyl sites for hydroxylation is 1. The molecule has 4 aromatic rings. The molecule has 32 heavy (non-hydrogen) atoms. The normalized spacial score (nSPS) is 11.5. The predicted molar refractivity (Wildman–Crippen MR) is 124 cm³/mol. The van der Waals surface area contributed by atoms with E-state index in [0.717, 1.165) is 33.7 Å². The van der Waals surface area contributed by atoms with Gasteiger partial charge in [-0.1, -0.05) is 29.8 Å². The summed E-state index contributed by atoms with van der Waals surface area (Å²) in [4.78, 5) is 16.9. The maximum absolute atomic E-state index is 12.4. The van der Waals surface area contributed by atoms with Crippen molar-refractivity contribution in [2.45, 2.75) is 27.0 Å². The highest BCUT2D eigenvalue weighted by atomic mass is 35.5. The summed E-state index contributed by atoms with van der Waals surface area (Å²) < 4.78 is 9.07. The summed E-state index contributed by atoms with van der Waals surface area (Å²) in [5.41, 5.74) is 5.08.